The molecule has 0 saturated carbocycles. The van der Waals surface area contributed by atoms with Crippen LogP contribution in [0.5, 0.6) is 0 Å². The molecule has 2 aromatic carbocycles. The number of hydrogen-bond donors (Lipinski definition) is 1. The first kappa shape index (κ1) is 10.7. The van der Waals surface area contributed by atoms with Gasteiger partial charge in [-0.3, -0.25) is 0 Å². The van der Waals surface area contributed by atoms with Gasteiger partial charge in [-0.25, -0.2) is 0 Å². The molecular weight excluding hydrogens is 198 g/mol. The summed E-state index contributed by atoms with van der Waals surface area (Å²) in [6.07, 6.45) is 1.84. The predicted octanol–water partition coefficient (Wildman–Crippen LogP) is 3.11. The maximum atomic E-state index is 9.08. The zero-order valence-corrected chi connectivity index (χ0v) is 9.01. The summed E-state index contributed by atoms with van der Waals surface area (Å²) in [6, 6.07) is 20.2. The monoisotopic (exact) mass is 212 g/mol. The van der Waals surface area contributed by atoms with Crippen molar-refractivity contribution in [3.05, 3.63) is 77.9 Å². The van der Waals surface area contributed by atoms with E-state index < -0.39 is 0 Å². The molecule has 0 aliphatic rings. The number of hydrogen-bond acceptors (Lipinski definition) is 1. The first-order valence-electron chi connectivity index (χ1n) is 5.33. The summed E-state index contributed by atoms with van der Waals surface area (Å²) in [5.41, 5.74) is 3.33. The van der Waals surface area contributed by atoms with Crippen molar-refractivity contribution in [1.29, 1.82) is 0 Å². The molecule has 0 atom stereocenters. The number of aliphatic hydroxyl groups excluding tert-OH is 1. The van der Waals surface area contributed by atoms with Crippen molar-refractivity contribution in [2.45, 2.75) is 0 Å². The van der Waals surface area contributed by atoms with Gasteiger partial charge in [0.25, 0.3) is 0 Å². The number of benzene rings is 2. The van der Waals surface area contributed by atoms with E-state index in [1.54, 1.807) is 0 Å². The van der Waals surface area contributed by atoms with Crippen LogP contribution in [-0.2, 0) is 0 Å². The van der Waals surface area contributed by atoms with E-state index in [4.69, 9.17) is 5.11 Å². The molecule has 1 N–H and O–H groups in total. The lowest BCUT2D eigenvalue weighted by Crippen LogP contribution is -1.89. The molecule has 2 aromatic rings. The van der Waals surface area contributed by atoms with Gasteiger partial charge in [0.1, 0.15) is 0 Å². The van der Waals surface area contributed by atoms with Crippen molar-refractivity contribution in [2.75, 3.05) is 6.61 Å². The van der Waals surface area contributed by atoms with Gasteiger partial charge >= 0.3 is 0 Å². The molecule has 0 aromatic heterocycles. The fourth-order valence-electron chi connectivity index (χ4n) is 1.73. The minimum Gasteiger partial charge on any atom is -0.392 e. The van der Waals surface area contributed by atoms with Crippen LogP contribution in [0.25, 0.3) is 5.57 Å². The lowest BCUT2D eigenvalue weighted by molar-refractivity contribution is 0.343. The van der Waals surface area contributed by atoms with E-state index in [0.717, 1.165) is 16.7 Å². The third kappa shape index (κ3) is 2.38. The minimum atomic E-state index is 0.0547. The first-order chi connectivity index (χ1) is 7.92. The molecule has 0 spiro atoms. The van der Waals surface area contributed by atoms with E-state index in [1.165, 1.54) is 0 Å². The molecule has 0 saturated heterocycles. The first-order valence-corrected chi connectivity index (χ1v) is 5.33. The van der Waals surface area contributed by atoms with Crippen LogP contribution < -0.4 is 0 Å². The summed E-state index contributed by atoms with van der Waals surface area (Å²) in [6.45, 7) is 0.0547. The van der Waals surface area contributed by atoms with E-state index in [-0.39, 0.29) is 6.61 Å². The second-order valence-corrected chi connectivity index (χ2v) is 3.53. The Morgan fingerprint density at radius 1 is 0.812 bits per heavy atom. The zero-order valence-electron chi connectivity index (χ0n) is 9.01. The maximum Gasteiger partial charge on any atom is 0.0621 e. The quantitative estimate of drug-likeness (QED) is 0.775. The third-order valence-corrected chi connectivity index (χ3v) is 2.46. The Balaban J connectivity index is 2.44. The van der Waals surface area contributed by atoms with Crippen LogP contribution in [0.15, 0.2) is 66.7 Å². The van der Waals surface area contributed by atoms with E-state index in [9.17, 15) is 0 Å². The zero-order chi connectivity index (χ0) is 11.2. The average molecular weight is 212 g/mol. The fourth-order valence-corrected chi connectivity index (χ4v) is 1.73. The van der Waals surface area contributed by atoms with Crippen LogP contribution >= 0.6 is 0 Å². The highest BCUT2D eigenvalue weighted by Gasteiger charge is 2.02. The minimum absolute atomic E-state index is 0.0547. The molecule has 0 fully saturated rings. The van der Waals surface area contributed by atoms with E-state index in [1.807, 2.05) is 42.5 Å². The van der Waals surface area contributed by atoms with Gasteiger partial charge in [-0.15, -0.1) is 0 Å². The highest BCUT2D eigenvalue weighted by atomic mass is 18.2. The Hall–Kier alpha value is -1.86. The van der Waals surface area contributed by atoms with Crippen LogP contribution in [0.4, 0.5) is 0 Å². The molecule has 0 amide bonds. The summed E-state index contributed by atoms with van der Waals surface area (Å²) >= 11 is 0. The lowest BCUT2D eigenvalue weighted by atomic mass is 9.98. The van der Waals surface area contributed by atoms with Gasteiger partial charge in [0.15, 0.2) is 0 Å². The van der Waals surface area contributed by atoms with Crippen LogP contribution in [0.3, 0.4) is 0 Å². The van der Waals surface area contributed by atoms with Crippen molar-refractivity contribution in [2.24, 2.45) is 0 Å². The molecule has 0 bridgehead atoms. The van der Waals surface area contributed by atoms with Crippen molar-refractivity contribution >= 4 is 5.57 Å². The molecule has 1 nitrogen and oxygen atoms in total. The standard InChI is InChI=1S/C15H14O/c16-12-11-15(13-7-3-1-4-8-13)14-9-5-2-6-10-14/h1-11,16H,12H2/i16+2. The Kier molecular flexibility index (Phi) is 3.52. The van der Waals surface area contributed by atoms with Gasteiger partial charge in [0.2, 0.25) is 0 Å². The largest absolute Gasteiger partial charge is 0.392 e. The SMILES string of the molecule is [18OH]CC=C(c1ccccc1)c1ccccc1. The van der Waals surface area contributed by atoms with Gasteiger partial charge in [-0.05, 0) is 16.7 Å². The van der Waals surface area contributed by atoms with Gasteiger partial charge in [-0.2, -0.15) is 0 Å². The molecule has 0 heterocycles. The second kappa shape index (κ2) is 5.29. The summed E-state index contributed by atoms with van der Waals surface area (Å²) in [4.78, 5) is 0. The summed E-state index contributed by atoms with van der Waals surface area (Å²) in [5.74, 6) is 0. The van der Waals surface area contributed by atoms with Gasteiger partial charge < -0.3 is 5.11 Å². The third-order valence-electron chi connectivity index (χ3n) is 2.46. The Morgan fingerprint density at radius 3 is 1.62 bits per heavy atom. The van der Waals surface area contributed by atoms with Crippen LogP contribution in [0.1, 0.15) is 11.1 Å². The van der Waals surface area contributed by atoms with E-state index >= 15 is 0 Å². The molecule has 0 unspecified atom stereocenters. The molecule has 16 heavy (non-hydrogen) atoms. The predicted molar refractivity (Wildman–Crippen MR) is 67.0 cm³/mol. The topological polar surface area (TPSA) is 20.2 Å². The number of aliphatic hydroxyl groups is 1. The maximum absolute atomic E-state index is 9.08. The molecule has 2 rings (SSSR count). The highest BCUT2D eigenvalue weighted by molar-refractivity contribution is 5.79. The van der Waals surface area contributed by atoms with Crippen LogP contribution in [0.2, 0.25) is 0 Å². The Morgan fingerprint density at radius 2 is 1.25 bits per heavy atom. The van der Waals surface area contributed by atoms with Gasteiger partial charge in [0.05, 0.1) is 6.61 Å². The van der Waals surface area contributed by atoms with Gasteiger partial charge in [0, 0.05) is 0 Å². The summed E-state index contributed by atoms with van der Waals surface area (Å²) in [7, 11) is 0. The van der Waals surface area contributed by atoms with Crippen molar-refractivity contribution in [3.63, 3.8) is 0 Å². The van der Waals surface area contributed by atoms with Crippen molar-refractivity contribution in [3.8, 4) is 0 Å². The molecule has 0 aliphatic carbocycles. The summed E-state index contributed by atoms with van der Waals surface area (Å²) < 4.78 is 0. The van der Waals surface area contributed by atoms with Crippen molar-refractivity contribution in [1.82, 2.24) is 0 Å². The molecule has 0 aliphatic heterocycles. The highest BCUT2D eigenvalue weighted by Crippen LogP contribution is 2.22. The second-order valence-electron chi connectivity index (χ2n) is 3.53. The molecular formula is C15H14O. The molecule has 0 radical (unpaired) electrons. The average Bonchev–Trinajstić information content (AvgIpc) is 2.38. The van der Waals surface area contributed by atoms with Gasteiger partial charge in [-0.1, -0.05) is 66.7 Å². The van der Waals surface area contributed by atoms with Crippen LogP contribution in [-0.4, -0.2) is 11.7 Å². The molecule has 80 valence electrons. The molecule has 1 heteroatoms. The van der Waals surface area contributed by atoms with Crippen molar-refractivity contribution < 1.29 is 5.11 Å². The summed E-state index contributed by atoms with van der Waals surface area (Å²) in [5, 5.41) is 9.08. The normalized spacial score (nSPS) is 9.81. The smallest absolute Gasteiger partial charge is 0.0621 e. The lowest BCUT2D eigenvalue weighted by Gasteiger charge is -2.07. The fraction of sp³-hybridized carbons (Fsp3) is 0.0667. The van der Waals surface area contributed by atoms with E-state index in [2.05, 4.69) is 24.3 Å². The van der Waals surface area contributed by atoms with E-state index in [0.29, 0.717) is 0 Å². The number of rotatable bonds is 3. The Bertz CT molecular complexity index is 416. The van der Waals surface area contributed by atoms with Crippen LogP contribution in [0, 0.1) is 0 Å². The Labute approximate surface area is 95.7 Å².